The zero-order chi connectivity index (χ0) is 23.8. The number of carbonyl (C=O) groups is 1. The maximum absolute atomic E-state index is 12.7. The van der Waals surface area contributed by atoms with Crippen LogP contribution in [0, 0.1) is 0 Å². The number of anilines is 2. The maximum atomic E-state index is 12.7. The quantitative estimate of drug-likeness (QED) is 0.381. The molecule has 6 nitrogen and oxygen atoms in total. The molecule has 170 valence electrons. The van der Waals surface area contributed by atoms with E-state index in [1.165, 1.54) is 12.1 Å². The first kappa shape index (κ1) is 22.4. The van der Waals surface area contributed by atoms with E-state index < -0.39 is 17.6 Å². The van der Waals surface area contributed by atoms with Crippen molar-refractivity contribution in [3.05, 3.63) is 65.0 Å². The fourth-order valence-electron chi connectivity index (χ4n) is 3.25. The van der Waals surface area contributed by atoms with Gasteiger partial charge in [0.1, 0.15) is 9.71 Å². The third-order valence-electron chi connectivity index (χ3n) is 4.95. The number of hydrogen-bond acceptors (Lipinski definition) is 6. The number of benzene rings is 2. The Labute approximate surface area is 190 Å². The second kappa shape index (κ2) is 8.62. The van der Waals surface area contributed by atoms with E-state index in [1.807, 2.05) is 6.07 Å². The Kier molecular flexibility index (Phi) is 5.86. The molecule has 33 heavy (non-hydrogen) atoms. The van der Waals surface area contributed by atoms with Crippen molar-refractivity contribution in [2.24, 2.45) is 0 Å². The lowest BCUT2D eigenvalue weighted by molar-refractivity contribution is -0.137. The predicted octanol–water partition coefficient (Wildman–Crippen LogP) is 5.83. The molecule has 0 radical (unpaired) electrons. The minimum Gasteiger partial charge on any atom is -0.493 e. The molecular weight excluding hydrogens is 455 g/mol. The molecule has 0 atom stereocenters. The zero-order valence-corrected chi connectivity index (χ0v) is 18.3. The minimum atomic E-state index is -4.45. The molecule has 2 heterocycles. The van der Waals surface area contributed by atoms with Crippen LogP contribution in [0.15, 0.2) is 54.6 Å². The summed E-state index contributed by atoms with van der Waals surface area (Å²) in [6, 6.07) is 13.1. The number of nitrogens with zero attached hydrogens (tertiary/aromatic N) is 1. The standard InChI is InChI=1S/C23H18F3N3O3S/c1-31-17-10-3-12(11-18(17)32-2)16-9-8-15-19(27)20(33-22(15)29-16)21(30)28-14-6-4-13(5-7-14)23(24,25)26/h3-11H,27H2,1-2H3,(H,28,30). The van der Waals surface area contributed by atoms with E-state index >= 15 is 0 Å². The van der Waals surface area contributed by atoms with E-state index in [1.54, 1.807) is 38.5 Å². The van der Waals surface area contributed by atoms with Crippen LogP contribution < -0.4 is 20.5 Å². The first-order valence-electron chi connectivity index (χ1n) is 9.61. The topological polar surface area (TPSA) is 86.5 Å². The summed E-state index contributed by atoms with van der Waals surface area (Å²) in [7, 11) is 3.09. The molecule has 4 rings (SSSR count). The molecule has 0 aliphatic heterocycles. The highest BCUT2D eigenvalue weighted by Gasteiger charge is 2.30. The van der Waals surface area contributed by atoms with Crippen LogP contribution in [0.2, 0.25) is 0 Å². The SMILES string of the molecule is COc1ccc(-c2ccc3c(N)c(C(=O)Nc4ccc(C(F)(F)F)cc4)sc3n2)cc1OC. The average molecular weight is 473 g/mol. The molecule has 4 aromatic rings. The van der Waals surface area contributed by atoms with Crippen LogP contribution in [0.25, 0.3) is 21.5 Å². The van der Waals surface area contributed by atoms with Crippen LogP contribution in [0.4, 0.5) is 24.5 Å². The highest BCUT2D eigenvalue weighted by atomic mass is 32.1. The molecule has 0 spiro atoms. The summed E-state index contributed by atoms with van der Waals surface area (Å²) in [5.74, 6) is 0.618. The summed E-state index contributed by atoms with van der Waals surface area (Å²) in [4.78, 5) is 18.1. The summed E-state index contributed by atoms with van der Waals surface area (Å²) >= 11 is 1.10. The third kappa shape index (κ3) is 4.42. The molecular formula is C23H18F3N3O3S. The average Bonchev–Trinajstić information content (AvgIpc) is 3.14. The number of thiophene rings is 1. The Morgan fingerprint density at radius 2 is 1.70 bits per heavy atom. The van der Waals surface area contributed by atoms with Gasteiger partial charge in [-0.15, -0.1) is 11.3 Å². The van der Waals surface area contributed by atoms with E-state index in [2.05, 4.69) is 10.3 Å². The number of fused-ring (bicyclic) bond motifs is 1. The van der Waals surface area contributed by atoms with Gasteiger partial charge < -0.3 is 20.5 Å². The molecule has 0 aliphatic carbocycles. The summed E-state index contributed by atoms with van der Waals surface area (Å²) in [6.07, 6.45) is -4.45. The van der Waals surface area contributed by atoms with Gasteiger partial charge in [-0.2, -0.15) is 13.2 Å². The van der Waals surface area contributed by atoms with Gasteiger partial charge in [-0.3, -0.25) is 4.79 Å². The fourth-order valence-corrected chi connectivity index (χ4v) is 4.24. The molecule has 2 aromatic heterocycles. The Bertz CT molecular complexity index is 1330. The number of nitrogens with one attached hydrogen (secondary N) is 1. The molecule has 3 N–H and O–H groups in total. The first-order valence-corrected chi connectivity index (χ1v) is 10.4. The number of nitrogen functional groups attached to an aromatic ring is 1. The van der Waals surface area contributed by atoms with Gasteiger partial charge in [0.2, 0.25) is 0 Å². The molecule has 0 saturated heterocycles. The number of nitrogens with two attached hydrogens (primary N) is 1. The lowest BCUT2D eigenvalue weighted by Crippen LogP contribution is -2.12. The van der Waals surface area contributed by atoms with E-state index in [0.717, 1.165) is 29.0 Å². The lowest BCUT2D eigenvalue weighted by Gasteiger charge is -2.09. The van der Waals surface area contributed by atoms with Crippen molar-refractivity contribution >= 4 is 38.8 Å². The molecule has 0 saturated carbocycles. The fraction of sp³-hybridized carbons (Fsp3) is 0.130. The second-order valence-electron chi connectivity index (χ2n) is 6.99. The number of rotatable bonds is 5. The Morgan fingerprint density at radius 1 is 1.00 bits per heavy atom. The molecule has 10 heteroatoms. The van der Waals surface area contributed by atoms with Gasteiger partial charge in [0.25, 0.3) is 5.91 Å². The van der Waals surface area contributed by atoms with Crippen LogP contribution in [0.5, 0.6) is 11.5 Å². The number of alkyl halides is 3. The van der Waals surface area contributed by atoms with Crippen LogP contribution in [-0.2, 0) is 6.18 Å². The largest absolute Gasteiger partial charge is 0.493 e. The number of methoxy groups -OCH3 is 2. The summed E-state index contributed by atoms with van der Waals surface area (Å²) < 4.78 is 48.8. The minimum absolute atomic E-state index is 0.224. The Balaban J connectivity index is 1.62. The monoisotopic (exact) mass is 473 g/mol. The summed E-state index contributed by atoms with van der Waals surface area (Å²) in [5, 5.41) is 3.19. The van der Waals surface area contributed by atoms with Gasteiger partial charge in [0.15, 0.2) is 11.5 Å². The number of ether oxygens (including phenoxy) is 2. The van der Waals surface area contributed by atoms with E-state index in [-0.39, 0.29) is 16.3 Å². The number of amides is 1. The first-order chi connectivity index (χ1) is 15.7. The number of halogens is 3. The molecule has 0 unspecified atom stereocenters. The smallest absolute Gasteiger partial charge is 0.416 e. The van der Waals surface area contributed by atoms with E-state index in [0.29, 0.717) is 27.4 Å². The molecule has 0 fully saturated rings. The van der Waals surface area contributed by atoms with Crippen molar-refractivity contribution in [2.75, 3.05) is 25.3 Å². The van der Waals surface area contributed by atoms with Crippen LogP contribution in [0.1, 0.15) is 15.2 Å². The van der Waals surface area contributed by atoms with Crippen molar-refractivity contribution in [1.82, 2.24) is 4.98 Å². The summed E-state index contributed by atoms with van der Waals surface area (Å²) in [6.45, 7) is 0. The number of aromatic nitrogens is 1. The second-order valence-corrected chi connectivity index (χ2v) is 7.99. The molecule has 0 bridgehead atoms. The number of carbonyl (C=O) groups excluding carboxylic acids is 1. The van der Waals surface area contributed by atoms with Gasteiger partial charge in [-0.05, 0) is 54.6 Å². The van der Waals surface area contributed by atoms with Crippen molar-refractivity contribution in [2.45, 2.75) is 6.18 Å². The predicted molar refractivity (Wildman–Crippen MR) is 122 cm³/mol. The van der Waals surface area contributed by atoms with Gasteiger partial charge >= 0.3 is 6.18 Å². The van der Waals surface area contributed by atoms with Crippen LogP contribution in [-0.4, -0.2) is 25.1 Å². The lowest BCUT2D eigenvalue weighted by atomic mass is 10.1. The van der Waals surface area contributed by atoms with E-state index in [4.69, 9.17) is 15.2 Å². The van der Waals surface area contributed by atoms with Gasteiger partial charge in [-0.25, -0.2) is 4.98 Å². The third-order valence-corrected chi connectivity index (χ3v) is 6.06. The van der Waals surface area contributed by atoms with Crippen molar-refractivity contribution in [3.63, 3.8) is 0 Å². The normalized spacial score (nSPS) is 11.4. The van der Waals surface area contributed by atoms with Crippen molar-refractivity contribution in [1.29, 1.82) is 0 Å². The van der Waals surface area contributed by atoms with Crippen LogP contribution >= 0.6 is 11.3 Å². The van der Waals surface area contributed by atoms with Crippen molar-refractivity contribution in [3.8, 4) is 22.8 Å². The molecule has 0 aliphatic rings. The zero-order valence-electron chi connectivity index (χ0n) is 17.5. The Morgan fingerprint density at radius 3 is 2.33 bits per heavy atom. The van der Waals surface area contributed by atoms with E-state index in [9.17, 15) is 18.0 Å². The molecule has 2 aromatic carbocycles. The number of pyridine rings is 1. The van der Waals surface area contributed by atoms with Gasteiger partial charge in [-0.1, -0.05) is 0 Å². The van der Waals surface area contributed by atoms with Crippen molar-refractivity contribution < 1.29 is 27.4 Å². The Hall–Kier alpha value is -3.79. The summed E-state index contributed by atoms with van der Waals surface area (Å²) in [5.41, 5.74) is 7.30. The highest BCUT2D eigenvalue weighted by molar-refractivity contribution is 7.21. The molecule has 1 amide bonds. The highest BCUT2D eigenvalue weighted by Crippen LogP contribution is 2.37. The van der Waals surface area contributed by atoms with Gasteiger partial charge in [0, 0.05) is 16.6 Å². The number of hydrogen-bond donors (Lipinski definition) is 2. The maximum Gasteiger partial charge on any atom is 0.416 e. The van der Waals surface area contributed by atoms with Gasteiger partial charge in [0.05, 0.1) is 31.2 Å². The van der Waals surface area contributed by atoms with Crippen LogP contribution in [0.3, 0.4) is 0 Å².